The molecule has 0 atom stereocenters. The number of hydrogen-bond acceptors (Lipinski definition) is 7. The molecule has 0 saturated carbocycles. The Bertz CT molecular complexity index is 1320. The largest absolute Gasteiger partial charge is 0.494 e. The summed E-state index contributed by atoms with van der Waals surface area (Å²) in [7, 11) is 0. The molecule has 0 spiro atoms. The van der Waals surface area contributed by atoms with Crippen LogP contribution >= 0.6 is 0 Å². The summed E-state index contributed by atoms with van der Waals surface area (Å²) in [6.45, 7) is 6.76. The molecular weight excluding hydrogens is 524 g/mol. The standard InChI is InChI=1S/C31H36N4O6/c1-4-7-18-40-26-15-13-25(14-16-26)34-30(37)31(38)35-32-20-23-10-17-27(28(19-23)39-6-3)41-21-29(36)33-24-11-8-22(5-2)9-12-24/h8-17,19-20H,4-7,18,21H2,1-3H3,(H,33,36)(H,34,37)(H,35,38)/b32-20-. The minimum Gasteiger partial charge on any atom is -0.494 e. The average molecular weight is 561 g/mol. The van der Waals surface area contributed by atoms with E-state index in [0.717, 1.165) is 19.3 Å². The van der Waals surface area contributed by atoms with Crippen molar-refractivity contribution in [3.63, 3.8) is 0 Å². The molecule has 0 aromatic heterocycles. The van der Waals surface area contributed by atoms with E-state index in [2.05, 4.69) is 35.0 Å². The topological polar surface area (TPSA) is 127 Å². The van der Waals surface area contributed by atoms with E-state index in [1.807, 2.05) is 31.2 Å². The Morgan fingerprint density at radius 3 is 2.17 bits per heavy atom. The maximum Gasteiger partial charge on any atom is 0.329 e. The predicted molar refractivity (Wildman–Crippen MR) is 159 cm³/mol. The highest BCUT2D eigenvalue weighted by molar-refractivity contribution is 6.39. The number of nitrogens with one attached hydrogen (secondary N) is 3. The van der Waals surface area contributed by atoms with Crippen LogP contribution < -0.4 is 30.3 Å². The molecule has 0 aliphatic carbocycles. The monoisotopic (exact) mass is 560 g/mol. The first kappa shape index (κ1) is 30.7. The normalized spacial score (nSPS) is 10.6. The van der Waals surface area contributed by atoms with Crippen LogP contribution in [-0.2, 0) is 20.8 Å². The Morgan fingerprint density at radius 2 is 1.49 bits per heavy atom. The molecule has 0 fully saturated rings. The molecule has 0 radical (unpaired) electrons. The summed E-state index contributed by atoms with van der Waals surface area (Å²) in [6, 6.07) is 19.3. The lowest BCUT2D eigenvalue weighted by atomic mass is 10.1. The van der Waals surface area contributed by atoms with Gasteiger partial charge >= 0.3 is 11.8 Å². The molecular formula is C31H36N4O6. The first-order valence-corrected chi connectivity index (χ1v) is 13.6. The van der Waals surface area contributed by atoms with Gasteiger partial charge in [-0.1, -0.05) is 32.4 Å². The van der Waals surface area contributed by atoms with Gasteiger partial charge in [-0.15, -0.1) is 0 Å². The van der Waals surface area contributed by atoms with Crippen LogP contribution in [0.15, 0.2) is 71.8 Å². The quantitative estimate of drug-likeness (QED) is 0.111. The lowest BCUT2D eigenvalue weighted by Gasteiger charge is -2.13. The van der Waals surface area contributed by atoms with Gasteiger partial charge in [0.05, 0.1) is 19.4 Å². The molecule has 0 aliphatic heterocycles. The lowest BCUT2D eigenvalue weighted by molar-refractivity contribution is -0.136. The summed E-state index contributed by atoms with van der Waals surface area (Å²) in [6.07, 6.45) is 4.28. The van der Waals surface area contributed by atoms with Crippen LogP contribution in [0.2, 0.25) is 0 Å². The van der Waals surface area contributed by atoms with Crippen molar-refractivity contribution in [1.82, 2.24) is 5.43 Å². The van der Waals surface area contributed by atoms with Gasteiger partial charge in [-0.05, 0) is 85.5 Å². The maximum atomic E-state index is 12.3. The van der Waals surface area contributed by atoms with Crippen molar-refractivity contribution in [2.75, 3.05) is 30.5 Å². The summed E-state index contributed by atoms with van der Waals surface area (Å²) < 4.78 is 16.9. The Morgan fingerprint density at radius 1 is 0.780 bits per heavy atom. The number of amides is 3. The van der Waals surface area contributed by atoms with Gasteiger partial charge in [-0.3, -0.25) is 14.4 Å². The van der Waals surface area contributed by atoms with E-state index < -0.39 is 11.8 Å². The van der Waals surface area contributed by atoms with Crippen molar-refractivity contribution in [3.8, 4) is 17.2 Å². The first-order valence-electron chi connectivity index (χ1n) is 13.6. The zero-order valence-corrected chi connectivity index (χ0v) is 23.6. The number of hydrogen-bond donors (Lipinski definition) is 3. The van der Waals surface area contributed by atoms with Crippen molar-refractivity contribution in [3.05, 3.63) is 77.9 Å². The molecule has 0 aliphatic rings. The molecule has 41 heavy (non-hydrogen) atoms. The fourth-order valence-corrected chi connectivity index (χ4v) is 3.53. The zero-order chi connectivity index (χ0) is 29.5. The summed E-state index contributed by atoms with van der Waals surface area (Å²) in [5, 5.41) is 9.17. The van der Waals surface area contributed by atoms with Crippen LogP contribution in [0.4, 0.5) is 11.4 Å². The van der Waals surface area contributed by atoms with E-state index in [1.165, 1.54) is 11.8 Å². The fraction of sp³-hybridized carbons (Fsp3) is 0.290. The second kappa shape index (κ2) is 16.3. The maximum absolute atomic E-state index is 12.3. The van der Waals surface area contributed by atoms with Crippen LogP contribution in [-0.4, -0.2) is 43.8 Å². The second-order valence-corrected chi connectivity index (χ2v) is 8.91. The number of ether oxygens (including phenoxy) is 3. The van der Waals surface area contributed by atoms with Crippen LogP contribution in [0.1, 0.15) is 44.7 Å². The minimum absolute atomic E-state index is 0.206. The Balaban J connectivity index is 1.50. The molecule has 3 aromatic rings. The predicted octanol–water partition coefficient (Wildman–Crippen LogP) is 4.93. The minimum atomic E-state index is -0.926. The van der Waals surface area contributed by atoms with Crippen LogP contribution in [0.5, 0.6) is 17.2 Å². The van der Waals surface area contributed by atoms with Gasteiger partial charge in [-0.2, -0.15) is 5.10 Å². The second-order valence-electron chi connectivity index (χ2n) is 8.91. The average Bonchev–Trinajstić information content (AvgIpc) is 2.98. The van der Waals surface area contributed by atoms with Crippen molar-refractivity contribution < 1.29 is 28.6 Å². The first-order chi connectivity index (χ1) is 19.9. The Hall–Kier alpha value is -4.86. The molecule has 3 aromatic carbocycles. The molecule has 3 rings (SSSR count). The molecule has 216 valence electrons. The number of carbonyl (C=O) groups is 3. The van der Waals surface area contributed by atoms with Crippen molar-refractivity contribution in [1.29, 1.82) is 0 Å². The number of nitrogens with zero attached hydrogens (tertiary/aromatic N) is 1. The van der Waals surface area contributed by atoms with E-state index >= 15 is 0 Å². The van der Waals surface area contributed by atoms with Crippen molar-refractivity contribution in [2.45, 2.75) is 40.0 Å². The Labute approximate surface area is 240 Å². The van der Waals surface area contributed by atoms with Gasteiger partial charge in [0.15, 0.2) is 18.1 Å². The number of hydrazone groups is 1. The highest BCUT2D eigenvalue weighted by Crippen LogP contribution is 2.28. The third kappa shape index (κ3) is 10.3. The number of carbonyl (C=O) groups excluding carboxylic acids is 3. The third-order valence-electron chi connectivity index (χ3n) is 5.74. The molecule has 3 amide bonds. The number of unbranched alkanes of at least 4 members (excludes halogenated alkanes) is 1. The van der Waals surface area contributed by atoms with Gasteiger partial charge in [0.1, 0.15) is 5.75 Å². The van der Waals surface area contributed by atoms with Gasteiger partial charge < -0.3 is 24.8 Å². The van der Waals surface area contributed by atoms with E-state index in [4.69, 9.17) is 14.2 Å². The van der Waals surface area contributed by atoms with E-state index in [9.17, 15) is 14.4 Å². The number of anilines is 2. The highest BCUT2D eigenvalue weighted by atomic mass is 16.5. The summed E-state index contributed by atoms with van der Waals surface area (Å²) in [4.78, 5) is 36.7. The van der Waals surface area contributed by atoms with E-state index in [0.29, 0.717) is 47.4 Å². The summed E-state index contributed by atoms with van der Waals surface area (Å²) in [5.74, 6) is -0.618. The highest BCUT2D eigenvalue weighted by Gasteiger charge is 2.13. The van der Waals surface area contributed by atoms with E-state index in [-0.39, 0.29) is 12.5 Å². The molecule has 0 saturated heterocycles. The van der Waals surface area contributed by atoms with Crippen LogP contribution in [0.3, 0.4) is 0 Å². The number of benzene rings is 3. The van der Waals surface area contributed by atoms with E-state index in [1.54, 1.807) is 42.5 Å². The fourth-order valence-electron chi connectivity index (χ4n) is 3.53. The summed E-state index contributed by atoms with van der Waals surface area (Å²) in [5.41, 5.74) is 5.11. The smallest absolute Gasteiger partial charge is 0.329 e. The molecule has 0 heterocycles. The van der Waals surface area contributed by atoms with Gasteiger partial charge in [0.25, 0.3) is 5.91 Å². The number of rotatable bonds is 14. The van der Waals surface area contributed by atoms with Gasteiger partial charge in [0.2, 0.25) is 0 Å². The van der Waals surface area contributed by atoms with Crippen molar-refractivity contribution in [2.24, 2.45) is 5.10 Å². The molecule has 10 heteroatoms. The Kier molecular flexibility index (Phi) is 12.2. The van der Waals surface area contributed by atoms with Crippen LogP contribution in [0.25, 0.3) is 0 Å². The van der Waals surface area contributed by atoms with Crippen LogP contribution in [0, 0.1) is 0 Å². The number of aryl methyl sites for hydroxylation is 1. The zero-order valence-electron chi connectivity index (χ0n) is 23.6. The summed E-state index contributed by atoms with van der Waals surface area (Å²) >= 11 is 0. The lowest BCUT2D eigenvalue weighted by Crippen LogP contribution is -2.32. The molecule has 0 bridgehead atoms. The van der Waals surface area contributed by atoms with Crippen molar-refractivity contribution >= 4 is 35.3 Å². The molecule has 10 nitrogen and oxygen atoms in total. The molecule has 0 unspecified atom stereocenters. The third-order valence-corrected chi connectivity index (χ3v) is 5.74. The molecule has 3 N–H and O–H groups in total. The SMILES string of the molecule is CCCCOc1ccc(NC(=O)C(=O)N/N=C\c2ccc(OCC(=O)Nc3ccc(CC)cc3)c(OCC)c2)cc1. The van der Waals surface area contributed by atoms with Gasteiger partial charge in [-0.25, -0.2) is 5.43 Å². The van der Waals surface area contributed by atoms with Gasteiger partial charge in [0, 0.05) is 11.4 Å².